The van der Waals surface area contributed by atoms with E-state index >= 15 is 0 Å². The fraction of sp³-hybridized carbons (Fsp3) is 1.00. The summed E-state index contributed by atoms with van der Waals surface area (Å²) < 4.78 is 0. The maximum Gasteiger partial charge on any atom is 0.0573 e. The van der Waals surface area contributed by atoms with Crippen molar-refractivity contribution in [2.75, 3.05) is 12.0 Å². The van der Waals surface area contributed by atoms with Gasteiger partial charge in [-0.15, -0.1) is 0 Å². The fourth-order valence-corrected chi connectivity index (χ4v) is 1.27. The lowest BCUT2D eigenvalue weighted by atomic mass is 10.0. The van der Waals surface area contributed by atoms with Gasteiger partial charge in [0.15, 0.2) is 0 Å². The van der Waals surface area contributed by atoms with Crippen LogP contribution in [0.4, 0.5) is 0 Å². The summed E-state index contributed by atoms with van der Waals surface area (Å²) in [6, 6.07) is 0. The minimum atomic E-state index is -0.0857. The van der Waals surface area contributed by atoms with Crippen LogP contribution in [0.2, 0.25) is 0 Å². The van der Waals surface area contributed by atoms with Gasteiger partial charge in [0.25, 0.3) is 0 Å². The van der Waals surface area contributed by atoms with E-state index in [9.17, 15) is 5.11 Å². The van der Waals surface area contributed by atoms with Gasteiger partial charge >= 0.3 is 0 Å². The zero-order chi connectivity index (χ0) is 7.98. The van der Waals surface area contributed by atoms with Crippen LogP contribution in [0, 0.1) is 5.92 Å². The monoisotopic (exact) mass is 162 g/mol. The molecule has 10 heavy (non-hydrogen) atoms. The second-order valence-corrected chi connectivity index (χ2v) is 3.72. The van der Waals surface area contributed by atoms with E-state index in [1.807, 2.05) is 0 Å². The average molecular weight is 162 g/mol. The van der Waals surface area contributed by atoms with Crippen LogP contribution in [-0.2, 0) is 0 Å². The van der Waals surface area contributed by atoms with Crippen molar-refractivity contribution in [1.29, 1.82) is 0 Å². The van der Waals surface area contributed by atoms with E-state index in [1.165, 1.54) is 0 Å². The molecule has 0 aliphatic carbocycles. The summed E-state index contributed by atoms with van der Waals surface area (Å²) >= 11 is 1.80. The van der Waals surface area contributed by atoms with Crippen LogP contribution < -0.4 is 0 Å². The van der Waals surface area contributed by atoms with Gasteiger partial charge < -0.3 is 5.11 Å². The van der Waals surface area contributed by atoms with Crippen molar-refractivity contribution < 1.29 is 5.11 Å². The van der Waals surface area contributed by atoms with Crippen molar-refractivity contribution >= 4 is 11.8 Å². The molecule has 2 atom stereocenters. The number of aliphatic hydroxyl groups is 1. The highest BCUT2D eigenvalue weighted by atomic mass is 32.2. The van der Waals surface area contributed by atoms with Crippen LogP contribution in [0.1, 0.15) is 26.7 Å². The maximum atomic E-state index is 9.44. The summed E-state index contributed by atoms with van der Waals surface area (Å²) in [4.78, 5) is 0. The molecular formula is C8H18OS. The molecular weight excluding hydrogens is 144 g/mol. The Balaban J connectivity index is 3.31. The van der Waals surface area contributed by atoms with E-state index in [1.54, 1.807) is 11.8 Å². The summed E-state index contributed by atoms with van der Waals surface area (Å²) in [6.45, 7) is 4.22. The van der Waals surface area contributed by atoms with Crippen LogP contribution in [0.3, 0.4) is 0 Å². The van der Waals surface area contributed by atoms with Crippen molar-refractivity contribution in [3.05, 3.63) is 0 Å². The van der Waals surface area contributed by atoms with Gasteiger partial charge in [0, 0.05) is 0 Å². The highest BCUT2D eigenvalue weighted by molar-refractivity contribution is 7.98. The number of hydrogen-bond donors (Lipinski definition) is 1. The molecule has 0 saturated heterocycles. The Kier molecular flexibility index (Phi) is 6.24. The van der Waals surface area contributed by atoms with Gasteiger partial charge in [0.05, 0.1) is 6.10 Å². The smallest absolute Gasteiger partial charge is 0.0573 e. The minimum absolute atomic E-state index is 0.0857. The third-order valence-electron chi connectivity index (χ3n) is 1.92. The van der Waals surface area contributed by atoms with Crippen molar-refractivity contribution in [2.45, 2.75) is 32.8 Å². The molecule has 0 bridgehead atoms. The van der Waals surface area contributed by atoms with Crippen molar-refractivity contribution in [3.8, 4) is 0 Å². The predicted molar refractivity (Wildman–Crippen MR) is 48.5 cm³/mol. The molecule has 2 heteroatoms. The zero-order valence-corrected chi connectivity index (χ0v) is 7.95. The highest BCUT2D eigenvalue weighted by Gasteiger charge is 2.10. The maximum absolute atomic E-state index is 9.44. The second kappa shape index (κ2) is 6.05. The molecule has 62 valence electrons. The summed E-state index contributed by atoms with van der Waals surface area (Å²) in [6.07, 6.45) is 4.01. The van der Waals surface area contributed by atoms with E-state index in [-0.39, 0.29) is 6.10 Å². The molecule has 0 aliphatic rings. The molecule has 0 aromatic carbocycles. The van der Waals surface area contributed by atoms with Crippen LogP contribution in [0.5, 0.6) is 0 Å². The van der Waals surface area contributed by atoms with Crippen LogP contribution in [0.15, 0.2) is 0 Å². The standard InChI is InChI=1S/C8H18OS/c1-4-7(2)8(9)5-6-10-3/h7-9H,4-6H2,1-3H3. The Morgan fingerprint density at radius 1 is 1.50 bits per heavy atom. The normalized spacial score (nSPS) is 16.8. The van der Waals surface area contributed by atoms with Crippen LogP contribution in [0.25, 0.3) is 0 Å². The summed E-state index contributed by atoms with van der Waals surface area (Å²) in [7, 11) is 0. The van der Waals surface area contributed by atoms with E-state index in [0.717, 1.165) is 18.6 Å². The average Bonchev–Trinajstić information content (AvgIpc) is 1.98. The van der Waals surface area contributed by atoms with E-state index < -0.39 is 0 Å². The Bertz CT molecular complexity index is 75.7. The molecule has 0 aromatic heterocycles. The van der Waals surface area contributed by atoms with Gasteiger partial charge in [-0.05, 0) is 24.3 Å². The van der Waals surface area contributed by atoms with Crippen molar-refractivity contribution in [1.82, 2.24) is 0 Å². The molecule has 0 saturated carbocycles. The van der Waals surface area contributed by atoms with Crippen molar-refractivity contribution in [2.24, 2.45) is 5.92 Å². The number of rotatable bonds is 5. The molecule has 0 heterocycles. The molecule has 0 aromatic rings. The molecule has 1 N–H and O–H groups in total. The second-order valence-electron chi connectivity index (χ2n) is 2.73. The minimum Gasteiger partial charge on any atom is -0.393 e. The molecule has 0 radical (unpaired) electrons. The first-order chi connectivity index (χ1) is 4.72. The van der Waals surface area contributed by atoms with Crippen molar-refractivity contribution in [3.63, 3.8) is 0 Å². The first-order valence-electron chi connectivity index (χ1n) is 3.89. The van der Waals surface area contributed by atoms with Gasteiger partial charge in [-0.25, -0.2) is 0 Å². The Morgan fingerprint density at radius 3 is 2.50 bits per heavy atom. The molecule has 0 rings (SSSR count). The van der Waals surface area contributed by atoms with Gasteiger partial charge in [-0.1, -0.05) is 20.3 Å². The third-order valence-corrected chi connectivity index (χ3v) is 2.56. The SMILES string of the molecule is CCC(C)C(O)CCSC. The van der Waals surface area contributed by atoms with E-state index in [0.29, 0.717) is 5.92 Å². The summed E-state index contributed by atoms with van der Waals surface area (Å²) in [5, 5.41) is 9.44. The van der Waals surface area contributed by atoms with Crippen LogP contribution in [-0.4, -0.2) is 23.2 Å². The third kappa shape index (κ3) is 4.18. The lowest BCUT2D eigenvalue weighted by molar-refractivity contribution is 0.112. The Morgan fingerprint density at radius 2 is 2.10 bits per heavy atom. The lowest BCUT2D eigenvalue weighted by Gasteiger charge is -2.15. The van der Waals surface area contributed by atoms with E-state index in [2.05, 4.69) is 20.1 Å². The van der Waals surface area contributed by atoms with Crippen LogP contribution >= 0.6 is 11.8 Å². The first kappa shape index (κ1) is 10.3. The predicted octanol–water partition coefficient (Wildman–Crippen LogP) is 2.15. The van der Waals surface area contributed by atoms with Gasteiger partial charge in [-0.2, -0.15) is 11.8 Å². The largest absolute Gasteiger partial charge is 0.393 e. The molecule has 1 nitrogen and oxygen atoms in total. The molecule has 0 aliphatic heterocycles. The van der Waals surface area contributed by atoms with Gasteiger partial charge in [0.2, 0.25) is 0 Å². The number of thioether (sulfide) groups is 1. The molecule has 0 fully saturated rings. The molecule has 0 amide bonds. The van der Waals surface area contributed by atoms with Gasteiger partial charge in [-0.3, -0.25) is 0 Å². The molecule has 2 unspecified atom stereocenters. The zero-order valence-electron chi connectivity index (χ0n) is 7.13. The highest BCUT2D eigenvalue weighted by Crippen LogP contribution is 2.12. The Labute approximate surface area is 68.2 Å². The van der Waals surface area contributed by atoms with E-state index in [4.69, 9.17) is 0 Å². The number of aliphatic hydroxyl groups excluding tert-OH is 1. The number of hydrogen-bond acceptors (Lipinski definition) is 2. The summed E-state index contributed by atoms with van der Waals surface area (Å²) in [5.41, 5.74) is 0. The lowest BCUT2D eigenvalue weighted by Crippen LogP contribution is -2.17. The topological polar surface area (TPSA) is 20.2 Å². The van der Waals surface area contributed by atoms with Gasteiger partial charge in [0.1, 0.15) is 0 Å². The fourth-order valence-electron chi connectivity index (χ4n) is 0.795. The molecule has 0 spiro atoms. The summed E-state index contributed by atoms with van der Waals surface area (Å²) in [5.74, 6) is 1.54. The first-order valence-corrected chi connectivity index (χ1v) is 5.28. The Hall–Kier alpha value is 0.310. The quantitative estimate of drug-likeness (QED) is 0.668.